The molecule has 0 bridgehead atoms. The van der Waals surface area contributed by atoms with Crippen LogP contribution in [-0.2, 0) is 11.2 Å². The molecule has 114 valence electrons. The maximum Gasteiger partial charge on any atom is 0.225 e. The van der Waals surface area contributed by atoms with Crippen LogP contribution in [0.3, 0.4) is 0 Å². The zero-order valence-corrected chi connectivity index (χ0v) is 13.3. The molecule has 1 saturated heterocycles. The fraction of sp³-hybridized carbons (Fsp3) is 0.632. The monoisotopic (exact) mass is 285 g/mol. The average Bonchev–Trinajstić information content (AvgIpc) is 3.23. The number of benzene rings is 1. The number of rotatable bonds is 4. The van der Waals surface area contributed by atoms with Crippen molar-refractivity contribution in [3.05, 3.63) is 35.4 Å². The van der Waals surface area contributed by atoms with Crippen LogP contribution in [0.15, 0.2) is 24.3 Å². The standard InChI is InChI=1S/C19H27NO/c1-14-3-5-16(6-4-14)7-8-17-9-11-20(12-10-17)19(21)18-13-15(18)2/h3-6,15,17-18H,7-13H2,1-2H3. The van der Waals surface area contributed by atoms with Gasteiger partial charge in [-0.2, -0.15) is 0 Å². The number of aryl methyl sites for hydroxylation is 2. The molecule has 2 aliphatic rings. The van der Waals surface area contributed by atoms with Crippen LogP contribution in [-0.4, -0.2) is 23.9 Å². The Balaban J connectivity index is 1.41. The number of hydrogen-bond donors (Lipinski definition) is 0. The van der Waals surface area contributed by atoms with E-state index in [1.165, 1.54) is 36.8 Å². The lowest BCUT2D eigenvalue weighted by Crippen LogP contribution is -2.39. The van der Waals surface area contributed by atoms with Crippen molar-refractivity contribution in [3.8, 4) is 0 Å². The third kappa shape index (κ3) is 3.66. The molecule has 21 heavy (non-hydrogen) atoms. The lowest BCUT2D eigenvalue weighted by Gasteiger charge is -2.32. The van der Waals surface area contributed by atoms with Gasteiger partial charge in [0.25, 0.3) is 0 Å². The summed E-state index contributed by atoms with van der Waals surface area (Å²) in [5, 5.41) is 0. The van der Waals surface area contributed by atoms with Crippen LogP contribution >= 0.6 is 0 Å². The molecule has 0 spiro atoms. The highest BCUT2D eigenvalue weighted by Crippen LogP contribution is 2.40. The summed E-state index contributed by atoms with van der Waals surface area (Å²) in [7, 11) is 0. The first-order chi connectivity index (χ1) is 10.1. The summed E-state index contributed by atoms with van der Waals surface area (Å²) in [6.45, 7) is 6.30. The summed E-state index contributed by atoms with van der Waals surface area (Å²) in [4.78, 5) is 14.3. The van der Waals surface area contributed by atoms with Crippen LogP contribution in [0, 0.1) is 24.7 Å². The van der Waals surface area contributed by atoms with Gasteiger partial charge in [0.05, 0.1) is 0 Å². The van der Waals surface area contributed by atoms with E-state index in [-0.39, 0.29) is 0 Å². The minimum Gasteiger partial charge on any atom is -0.342 e. The molecule has 2 heteroatoms. The smallest absolute Gasteiger partial charge is 0.225 e. The van der Waals surface area contributed by atoms with Crippen LogP contribution in [0.25, 0.3) is 0 Å². The molecule has 0 N–H and O–H groups in total. The zero-order chi connectivity index (χ0) is 14.8. The van der Waals surface area contributed by atoms with Gasteiger partial charge in [0.2, 0.25) is 5.91 Å². The van der Waals surface area contributed by atoms with Crippen molar-refractivity contribution in [2.45, 2.75) is 46.0 Å². The Morgan fingerprint density at radius 3 is 2.38 bits per heavy atom. The third-order valence-corrected chi connectivity index (χ3v) is 5.31. The van der Waals surface area contributed by atoms with Crippen molar-refractivity contribution in [2.75, 3.05) is 13.1 Å². The molecule has 2 fully saturated rings. The Morgan fingerprint density at radius 1 is 1.19 bits per heavy atom. The third-order valence-electron chi connectivity index (χ3n) is 5.31. The molecule has 2 nitrogen and oxygen atoms in total. The van der Waals surface area contributed by atoms with E-state index in [1.54, 1.807) is 0 Å². The minimum absolute atomic E-state index is 0.356. The maximum absolute atomic E-state index is 12.2. The molecule has 1 heterocycles. The van der Waals surface area contributed by atoms with Gasteiger partial charge in [0.15, 0.2) is 0 Å². The van der Waals surface area contributed by atoms with Gasteiger partial charge >= 0.3 is 0 Å². The van der Waals surface area contributed by atoms with Crippen molar-refractivity contribution >= 4 is 5.91 Å². The van der Waals surface area contributed by atoms with Gasteiger partial charge in [-0.1, -0.05) is 36.8 Å². The topological polar surface area (TPSA) is 20.3 Å². The number of amides is 1. The Kier molecular flexibility index (Phi) is 4.32. The summed E-state index contributed by atoms with van der Waals surface area (Å²) in [6.07, 6.45) is 5.95. The predicted octanol–water partition coefficient (Wildman–Crippen LogP) is 3.82. The van der Waals surface area contributed by atoms with E-state index in [2.05, 4.69) is 43.0 Å². The van der Waals surface area contributed by atoms with Crippen LogP contribution in [0.2, 0.25) is 0 Å². The van der Waals surface area contributed by atoms with E-state index in [9.17, 15) is 4.79 Å². The summed E-state index contributed by atoms with van der Waals surface area (Å²) in [5.74, 6) is 2.22. The van der Waals surface area contributed by atoms with Gasteiger partial charge in [0.1, 0.15) is 0 Å². The van der Waals surface area contributed by atoms with E-state index >= 15 is 0 Å². The highest BCUT2D eigenvalue weighted by molar-refractivity contribution is 5.81. The van der Waals surface area contributed by atoms with Gasteiger partial charge in [-0.3, -0.25) is 4.79 Å². The lowest BCUT2D eigenvalue weighted by molar-refractivity contribution is -0.134. The Labute approximate surface area is 128 Å². The van der Waals surface area contributed by atoms with Crippen LogP contribution < -0.4 is 0 Å². The van der Waals surface area contributed by atoms with Crippen LogP contribution in [0.4, 0.5) is 0 Å². The summed E-state index contributed by atoms with van der Waals surface area (Å²) >= 11 is 0. The molecule has 1 aromatic carbocycles. The maximum atomic E-state index is 12.2. The molecule has 1 aromatic rings. The molecule has 1 aliphatic carbocycles. The van der Waals surface area contributed by atoms with Gasteiger partial charge < -0.3 is 4.90 Å². The fourth-order valence-electron chi connectivity index (χ4n) is 3.47. The highest BCUT2D eigenvalue weighted by atomic mass is 16.2. The number of piperidine rings is 1. The second-order valence-corrected chi connectivity index (χ2v) is 7.11. The van der Waals surface area contributed by atoms with E-state index < -0.39 is 0 Å². The second-order valence-electron chi connectivity index (χ2n) is 7.11. The number of likely N-dealkylation sites (tertiary alicyclic amines) is 1. The minimum atomic E-state index is 0.356. The largest absolute Gasteiger partial charge is 0.342 e. The van der Waals surface area contributed by atoms with Gasteiger partial charge in [-0.15, -0.1) is 0 Å². The first-order valence-corrected chi connectivity index (χ1v) is 8.48. The number of carbonyl (C=O) groups excluding carboxylic acids is 1. The van der Waals surface area contributed by atoms with Crippen molar-refractivity contribution in [1.29, 1.82) is 0 Å². The normalized spacial score (nSPS) is 25.9. The second kappa shape index (κ2) is 6.21. The highest BCUT2D eigenvalue weighted by Gasteiger charge is 2.41. The Bertz CT molecular complexity index is 485. The van der Waals surface area contributed by atoms with Gasteiger partial charge in [-0.05, 0) is 56.4 Å². The Hall–Kier alpha value is -1.31. The first kappa shape index (κ1) is 14.6. The van der Waals surface area contributed by atoms with E-state index in [1.807, 2.05) is 0 Å². The molecule has 1 amide bonds. The first-order valence-electron chi connectivity index (χ1n) is 8.48. The summed E-state index contributed by atoms with van der Waals surface area (Å²) in [5.41, 5.74) is 2.78. The number of nitrogens with zero attached hydrogens (tertiary/aromatic N) is 1. The van der Waals surface area contributed by atoms with Crippen LogP contribution in [0.1, 0.15) is 43.7 Å². The van der Waals surface area contributed by atoms with E-state index in [4.69, 9.17) is 0 Å². The summed E-state index contributed by atoms with van der Waals surface area (Å²) in [6, 6.07) is 8.91. The molecule has 2 unspecified atom stereocenters. The molecular weight excluding hydrogens is 258 g/mol. The molecule has 0 aromatic heterocycles. The zero-order valence-electron chi connectivity index (χ0n) is 13.3. The van der Waals surface area contributed by atoms with Gasteiger partial charge in [0, 0.05) is 19.0 Å². The van der Waals surface area contributed by atoms with E-state index in [0.717, 1.165) is 25.4 Å². The summed E-state index contributed by atoms with van der Waals surface area (Å²) < 4.78 is 0. The fourth-order valence-corrected chi connectivity index (χ4v) is 3.47. The van der Waals surface area contributed by atoms with Crippen molar-refractivity contribution < 1.29 is 4.79 Å². The van der Waals surface area contributed by atoms with Gasteiger partial charge in [-0.25, -0.2) is 0 Å². The quantitative estimate of drug-likeness (QED) is 0.823. The molecule has 0 radical (unpaired) electrons. The molecule has 1 saturated carbocycles. The SMILES string of the molecule is Cc1ccc(CCC2CCN(C(=O)C3CC3C)CC2)cc1. The van der Waals surface area contributed by atoms with Crippen LogP contribution in [0.5, 0.6) is 0 Å². The predicted molar refractivity (Wildman–Crippen MR) is 86.1 cm³/mol. The van der Waals surface area contributed by atoms with Crippen molar-refractivity contribution in [3.63, 3.8) is 0 Å². The lowest BCUT2D eigenvalue weighted by atomic mass is 9.90. The molecule has 3 rings (SSSR count). The molecular formula is C19H27NO. The number of carbonyl (C=O) groups is 1. The van der Waals surface area contributed by atoms with E-state index in [0.29, 0.717) is 17.7 Å². The van der Waals surface area contributed by atoms with Crippen molar-refractivity contribution in [1.82, 2.24) is 4.90 Å². The average molecular weight is 285 g/mol. The molecule has 2 atom stereocenters. The Morgan fingerprint density at radius 2 is 1.81 bits per heavy atom. The van der Waals surface area contributed by atoms with Crippen molar-refractivity contribution in [2.24, 2.45) is 17.8 Å². The molecule has 1 aliphatic heterocycles. The number of hydrogen-bond acceptors (Lipinski definition) is 1.